The minimum Gasteiger partial charge on any atom is -0.493 e. The van der Waals surface area contributed by atoms with E-state index in [1.54, 1.807) is 30.3 Å². The van der Waals surface area contributed by atoms with E-state index in [4.69, 9.17) is 14.2 Å². The van der Waals surface area contributed by atoms with Gasteiger partial charge in [0, 0.05) is 18.7 Å². The molecule has 1 aliphatic heterocycles. The topological polar surface area (TPSA) is 107 Å². The van der Waals surface area contributed by atoms with E-state index < -0.39 is 15.9 Å². The lowest BCUT2D eigenvalue weighted by atomic mass is 10.1. The average Bonchev–Trinajstić information content (AvgIpc) is 3.24. The van der Waals surface area contributed by atoms with Crippen molar-refractivity contribution in [2.45, 2.75) is 24.2 Å². The van der Waals surface area contributed by atoms with Crippen molar-refractivity contribution >= 4 is 42.6 Å². The maximum absolute atomic E-state index is 13.0. The van der Waals surface area contributed by atoms with Crippen LogP contribution in [0.15, 0.2) is 35.2 Å². The summed E-state index contributed by atoms with van der Waals surface area (Å²) in [6.45, 7) is 1.08. The van der Waals surface area contributed by atoms with Gasteiger partial charge in [-0.3, -0.25) is 10.1 Å². The third-order valence-corrected chi connectivity index (χ3v) is 8.29. The first-order valence-corrected chi connectivity index (χ1v) is 12.6. The Kier molecular flexibility index (Phi) is 6.73. The number of hydrogen-bond acceptors (Lipinski definition) is 8. The van der Waals surface area contributed by atoms with Crippen LogP contribution in [-0.2, 0) is 10.0 Å². The SMILES string of the molecule is COc1cc(C(=O)Nc2nc3ccc(S(=O)(=O)N4CCCCC4)cc3s2)cc(OC)c1OC. The highest BCUT2D eigenvalue weighted by Gasteiger charge is 2.26. The predicted molar refractivity (Wildman–Crippen MR) is 126 cm³/mol. The van der Waals surface area contributed by atoms with E-state index in [2.05, 4.69) is 10.3 Å². The maximum atomic E-state index is 13.0. The van der Waals surface area contributed by atoms with Crippen LogP contribution in [0.3, 0.4) is 0 Å². The Morgan fingerprint density at radius 2 is 1.67 bits per heavy atom. The second kappa shape index (κ2) is 9.54. The van der Waals surface area contributed by atoms with Crippen LogP contribution >= 0.6 is 11.3 Å². The number of nitrogens with one attached hydrogen (secondary N) is 1. The molecule has 11 heteroatoms. The average molecular weight is 492 g/mol. The lowest BCUT2D eigenvalue weighted by Crippen LogP contribution is -2.35. The van der Waals surface area contributed by atoms with Gasteiger partial charge in [0.25, 0.3) is 5.91 Å². The normalized spacial score (nSPS) is 14.8. The number of ether oxygens (including phenoxy) is 3. The number of carbonyl (C=O) groups is 1. The molecule has 33 heavy (non-hydrogen) atoms. The van der Waals surface area contributed by atoms with Crippen molar-refractivity contribution in [2.24, 2.45) is 0 Å². The van der Waals surface area contributed by atoms with Crippen molar-refractivity contribution in [3.63, 3.8) is 0 Å². The smallest absolute Gasteiger partial charge is 0.257 e. The summed E-state index contributed by atoms with van der Waals surface area (Å²) >= 11 is 1.21. The molecule has 2 heterocycles. The fourth-order valence-electron chi connectivity index (χ4n) is 3.75. The minimum atomic E-state index is -3.55. The molecular formula is C22H25N3O6S2. The molecule has 0 bridgehead atoms. The van der Waals surface area contributed by atoms with Crippen LogP contribution in [-0.4, -0.2) is 58.0 Å². The zero-order valence-corrected chi connectivity index (χ0v) is 20.2. The second-order valence-electron chi connectivity index (χ2n) is 7.48. The molecule has 1 fully saturated rings. The molecule has 0 radical (unpaired) electrons. The third kappa shape index (κ3) is 4.61. The Morgan fingerprint density at radius 1 is 1.00 bits per heavy atom. The summed E-state index contributed by atoms with van der Waals surface area (Å²) in [5.41, 5.74) is 0.912. The van der Waals surface area contributed by atoms with Crippen LogP contribution in [0.25, 0.3) is 10.2 Å². The van der Waals surface area contributed by atoms with Gasteiger partial charge in [-0.2, -0.15) is 4.31 Å². The van der Waals surface area contributed by atoms with E-state index in [0.717, 1.165) is 19.3 Å². The van der Waals surface area contributed by atoms with E-state index in [1.807, 2.05) is 0 Å². The van der Waals surface area contributed by atoms with Crippen molar-refractivity contribution in [1.29, 1.82) is 0 Å². The van der Waals surface area contributed by atoms with E-state index in [-0.39, 0.29) is 4.90 Å². The van der Waals surface area contributed by atoms with Gasteiger partial charge in [0.2, 0.25) is 15.8 Å². The number of rotatable bonds is 7. The number of carbonyl (C=O) groups excluding carboxylic acids is 1. The zero-order valence-electron chi connectivity index (χ0n) is 18.6. The number of fused-ring (bicyclic) bond motifs is 1. The maximum Gasteiger partial charge on any atom is 0.257 e. The highest BCUT2D eigenvalue weighted by Crippen LogP contribution is 2.38. The van der Waals surface area contributed by atoms with Crippen molar-refractivity contribution in [3.8, 4) is 17.2 Å². The Hall–Kier alpha value is -2.89. The first kappa shape index (κ1) is 23.3. The predicted octanol–water partition coefficient (Wildman–Crippen LogP) is 3.75. The highest BCUT2D eigenvalue weighted by molar-refractivity contribution is 7.89. The molecule has 2 aromatic carbocycles. The molecular weight excluding hydrogens is 466 g/mol. The quantitative estimate of drug-likeness (QED) is 0.536. The van der Waals surface area contributed by atoms with Crippen molar-refractivity contribution < 1.29 is 27.4 Å². The number of aromatic nitrogens is 1. The Balaban J connectivity index is 1.59. The molecule has 0 unspecified atom stereocenters. The molecule has 1 saturated heterocycles. The van der Waals surface area contributed by atoms with Gasteiger partial charge in [-0.15, -0.1) is 0 Å². The molecule has 1 N–H and O–H groups in total. The molecule has 4 rings (SSSR count). The molecule has 3 aromatic rings. The number of nitrogens with zero attached hydrogens (tertiary/aromatic N) is 2. The fourth-order valence-corrected chi connectivity index (χ4v) is 6.27. The van der Waals surface area contributed by atoms with Gasteiger partial charge in [-0.25, -0.2) is 13.4 Å². The van der Waals surface area contributed by atoms with Gasteiger partial charge in [-0.05, 0) is 43.2 Å². The van der Waals surface area contributed by atoms with Crippen LogP contribution < -0.4 is 19.5 Å². The van der Waals surface area contributed by atoms with E-state index in [9.17, 15) is 13.2 Å². The largest absolute Gasteiger partial charge is 0.493 e. The van der Waals surface area contributed by atoms with Crippen LogP contribution in [0.1, 0.15) is 29.6 Å². The summed E-state index contributed by atoms with van der Waals surface area (Å²) < 4.78 is 44.1. The van der Waals surface area contributed by atoms with Gasteiger partial charge in [0.1, 0.15) is 0 Å². The number of amides is 1. The summed E-state index contributed by atoms with van der Waals surface area (Å²) in [5.74, 6) is 0.700. The summed E-state index contributed by atoms with van der Waals surface area (Å²) in [4.78, 5) is 17.5. The van der Waals surface area contributed by atoms with Crippen molar-refractivity contribution in [1.82, 2.24) is 9.29 Å². The zero-order chi connectivity index (χ0) is 23.6. The second-order valence-corrected chi connectivity index (χ2v) is 10.5. The molecule has 9 nitrogen and oxygen atoms in total. The molecule has 1 amide bonds. The van der Waals surface area contributed by atoms with E-state index in [1.165, 1.54) is 37.0 Å². The Labute approximate surface area is 196 Å². The van der Waals surface area contributed by atoms with Crippen LogP contribution in [0.4, 0.5) is 5.13 Å². The van der Waals surface area contributed by atoms with E-state index in [0.29, 0.717) is 51.2 Å². The standard InChI is InChI=1S/C22H25N3O6S2/c1-29-17-11-14(12-18(30-2)20(17)31-3)21(26)24-22-23-16-8-7-15(13-19(16)32-22)33(27,28)25-9-5-4-6-10-25/h7-8,11-13H,4-6,9-10H2,1-3H3,(H,23,24,26). The third-order valence-electron chi connectivity index (χ3n) is 5.46. The molecule has 176 valence electrons. The molecule has 0 spiro atoms. The van der Waals surface area contributed by atoms with Gasteiger partial charge in [0.05, 0.1) is 36.4 Å². The van der Waals surface area contributed by atoms with Gasteiger partial charge >= 0.3 is 0 Å². The first-order chi connectivity index (χ1) is 15.9. The van der Waals surface area contributed by atoms with Gasteiger partial charge in [-0.1, -0.05) is 17.8 Å². The summed E-state index contributed by atoms with van der Waals surface area (Å²) in [5, 5.41) is 3.12. The van der Waals surface area contributed by atoms with Gasteiger partial charge < -0.3 is 14.2 Å². The molecule has 0 saturated carbocycles. The van der Waals surface area contributed by atoms with Crippen LogP contribution in [0.5, 0.6) is 17.2 Å². The number of anilines is 1. The van der Waals surface area contributed by atoms with E-state index >= 15 is 0 Å². The van der Waals surface area contributed by atoms with Gasteiger partial charge in [0.15, 0.2) is 16.6 Å². The number of piperidine rings is 1. The lowest BCUT2D eigenvalue weighted by molar-refractivity contribution is 0.102. The Morgan fingerprint density at radius 3 is 2.27 bits per heavy atom. The van der Waals surface area contributed by atoms with Crippen molar-refractivity contribution in [2.75, 3.05) is 39.7 Å². The first-order valence-electron chi connectivity index (χ1n) is 10.4. The van der Waals surface area contributed by atoms with Crippen LogP contribution in [0.2, 0.25) is 0 Å². The summed E-state index contributed by atoms with van der Waals surface area (Å²) in [6.07, 6.45) is 2.80. The number of benzene rings is 2. The fraction of sp³-hybridized carbons (Fsp3) is 0.364. The summed E-state index contributed by atoms with van der Waals surface area (Å²) in [6, 6.07) is 7.95. The summed E-state index contributed by atoms with van der Waals surface area (Å²) in [7, 11) is 0.889. The molecule has 0 atom stereocenters. The number of hydrogen-bond donors (Lipinski definition) is 1. The Bertz CT molecular complexity index is 1260. The van der Waals surface area contributed by atoms with Crippen molar-refractivity contribution in [3.05, 3.63) is 35.9 Å². The number of thiazole rings is 1. The monoisotopic (exact) mass is 491 g/mol. The molecule has 1 aliphatic rings. The highest BCUT2D eigenvalue weighted by atomic mass is 32.2. The molecule has 1 aromatic heterocycles. The lowest BCUT2D eigenvalue weighted by Gasteiger charge is -2.25. The number of methoxy groups -OCH3 is 3. The minimum absolute atomic E-state index is 0.239. The van der Waals surface area contributed by atoms with Crippen LogP contribution in [0, 0.1) is 0 Å². The molecule has 0 aliphatic carbocycles. The number of sulfonamides is 1.